The second-order valence-electron chi connectivity index (χ2n) is 4.34. The first-order chi connectivity index (χ1) is 11.7. The molecule has 0 heterocycles. The van der Waals surface area contributed by atoms with E-state index in [0.29, 0.717) is 0 Å². The number of rotatable bonds is 7. The van der Waals surface area contributed by atoms with Crippen LogP contribution in [0, 0.1) is 0 Å². The van der Waals surface area contributed by atoms with E-state index in [9.17, 15) is 74.3 Å². The van der Waals surface area contributed by atoms with Crippen molar-refractivity contribution in [3.63, 3.8) is 0 Å². The maximum atomic E-state index is 13.4. The predicted octanol–water partition coefficient (Wildman–Crippen LogP) is 4.07. The van der Waals surface area contributed by atoms with Crippen LogP contribution in [0.1, 0.15) is 0 Å². The summed E-state index contributed by atoms with van der Waals surface area (Å²) in [5, 5.41) is -7.33. The van der Waals surface area contributed by atoms with Gasteiger partial charge in [0, 0.05) is 0 Å². The van der Waals surface area contributed by atoms with Crippen LogP contribution >= 0.6 is 0 Å². The van der Waals surface area contributed by atoms with Crippen LogP contribution in [-0.4, -0.2) is 54.8 Å². The molecule has 0 aliphatic carbocycles. The number of hydrogen-bond acceptors (Lipinski definition) is 4. The normalized spacial score (nSPS) is 18.1. The molecule has 0 saturated carbocycles. The fraction of sp³-hybridized carbons (Fsp3) is 1.00. The zero-order valence-electron chi connectivity index (χ0n) is 11.7. The Balaban J connectivity index is 6.45. The summed E-state index contributed by atoms with van der Waals surface area (Å²) in [6, 6.07) is 0. The summed E-state index contributed by atoms with van der Waals surface area (Å²) in [5.41, 5.74) is 0. The molecule has 0 aromatic carbocycles. The Hall–Kier alpha value is -1.22. The molecule has 21 heteroatoms. The Labute approximate surface area is 141 Å². The van der Waals surface area contributed by atoms with Crippen molar-refractivity contribution >= 4 is 10.1 Å². The minimum atomic E-state index is -7.92. The van der Waals surface area contributed by atoms with Gasteiger partial charge in [-0.25, -0.2) is 4.74 Å². The summed E-state index contributed by atoms with van der Waals surface area (Å²) < 4.78 is 217. The van der Waals surface area contributed by atoms with Crippen LogP contribution < -0.4 is 0 Å². The van der Waals surface area contributed by atoms with E-state index in [2.05, 4.69) is 0 Å². The Morgan fingerprint density at radius 2 is 0.893 bits per heavy atom. The van der Waals surface area contributed by atoms with Crippen molar-refractivity contribution in [2.45, 2.75) is 41.8 Å². The highest BCUT2D eigenvalue weighted by Crippen LogP contribution is 2.55. The Morgan fingerprint density at radius 1 is 0.536 bits per heavy atom. The third kappa shape index (κ3) is 4.50. The van der Waals surface area contributed by atoms with E-state index in [-0.39, 0.29) is 0 Å². The van der Waals surface area contributed by atoms with Crippen molar-refractivity contribution in [2.75, 3.05) is 0 Å². The summed E-state index contributed by atoms with van der Waals surface area (Å²) in [4.78, 5) is 0. The molecule has 0 amide bonds. The number of hydrogen-bond donors (Lipinski definition) is 1. The van der Waals surface area contributed by atoms with Gasteiger partial charge in [0.25, 0.3) is 0 Å². The van der Waals surface area contributed by atoms with Gasteiger partial charge >= 0.3 is 51.9 Å². The zero-order chi connectivity index (χ0) is 23.4. The highest BCUT2D eigenvalue weighted by molar-refractivity contribution is 7.86. The van der Waals surface area contributed by atoms with Crippen LogP contribution in [-0.2, 0) is 19.6 Å². The largest absolute Gasteiger partial charge is 0.483 e. The zero-order valence-corrected chi connectivity index (χ0v) is 12.5. The van der Waals surface area contributed by atoms with E-state index < -0.39 is 51.9 Å². The van der Waals surface area contributed by atoms with Gasteiger partial charge in [-0.05, 0) is 0 Å². The average molecular weight is 482 g/mol. The highest BCUT2D eigenvalue weighted by Gasteiger charge is 2.83. The Kier molecular flexibility index (Phi) is 6.36. The maximum absolute atomic E-state index is 13.4. The second-order valence-corrected chi connectivity index (χ2v) is 5.80. The lowest BCUT2D eigenvalue weighted by Gasteiger charge is -2.38. The molecule has 0 aliphatic heterocycles. The van der Waals surface area contributed by atoms with Crippen LogP contribution in [0.4, 0.5) is 65.9 Å². The van der Waals surface area contributed by atoms with Crippen molar-refractivity contribution in [2.24, 2.45) is 0 Å². The number of alkyl halides is 15. The third-order valence-corrected chi connectivity index (χ3v) is 3.14. The minimum Gasteiger partial charge on any atom is -0.281 e. The summed E-state index contributed by atoms with van der Waals surface area (Å²) >= 11 is 0. The van der Waals surface area contributed by atoms with Gasteiger partial charge < -0.3 is 0 Å². The minimum absolute atomic E-state index is 1.22. The second kappa shape index (κ2) is 6.65. The molecular weight excluding hydrogens is 481 g/mol. The van der Waals surface area contributed by atoms with Gasteiger partial charge in [-0.1, -0.05) is 0 Å². The van der Waals surface area contributed by atoms with Crippen molar-refractivity contribution in [3.8, 4) is 0 Å². The maximum Gasteiger partial charge on any atom is 0.483 e. The molecule has 0 rings (SSSR count). The Bertz CT molecular complexity index is 678. The lowest BCUT2D eigenvalue weighted by atomic mass is 10.2. The summed E-state index contributed by atoms with van der Waals surface area (Å²) in [7, 11) is -7.54. The number of halogens is 15. The smallest absolute Gasteiger partial charge is 0.281 e. The van der Waals surface area contributed by atoms with Gasteiger partial charge in [0.2, 0.25) is 0 Å². The fourth-order valence-electron chi connectivity index (χ4n) is 0.953. The summed E-state index contributed by atoms with van der Waals surface area (Å²) in [6.45, 7) is 0. The van der Waals surface area contributed by atoms with Crippen molar-refractivity contribution in [1.29, 1.82) is 0 Å². The molecule has 0 aromatic rings. The van der Waals surface area contributed by atoms with Crippen LogP contribution in [0.3, 0.4) is 0 Å². The van der Waals surface area contributed by atoms with E-state index in [4.69, 9.17) is 4.55 Å². The summed E-state index contributed by atoms with van der Waals surface area (Å²) in [5.74, 6) is -7.92. The van der Waals surface area contributed by atoms with E-state index in [0.717, 1.165) is 0 Å². The molecule has 170 valence electrons. The molecule has 0 radical (unpaired) electrons. The highest BCUT2D eigenvalue weighted by atomic mass is 32.2. The molecule has 1 N–H and O–H groups in total. The first kappa shape index (κ1) is 26.8. The standard InChI is InChI=1S/C7HF15O5S/c8-1(2(9,10)11,4(15,16)27-5(17,18)3(12,13)14)26-6(19,20)7(21,22)28(23,24)25/h(H,23,24,25)/t1-/m0/s1. The van der Waals surface area contributed by atoms with E-state index >= 15 is 0 Å². The molecule has 0 bridgehead atoms. The summed E-state index contributed by atoms with van der Waals surface area (Å²) in [6.07, 6.45) is -38.0. The van der Waals surface area contributed by atoms with E-state index in [1.807, 2.05) is 0 Å². The predicted molar refractivity (Wildman–Crippen MR) is 49.5 cm³/mol. The Morgan fingerprint density at radius 3 is 1.14 bits per heavy atom. The first-order valence-corrected chi connectivity index (χ1v) is 6.81. The molecular formula is C7HF15O5S. The van der Waals surface area contributed by atoms with Gasteiger partial charge in [0.1, 0.15) is 0 Å². The molecule has 0 saturated heterocycles. The van der Waals surface area contributed by atoms with Gasteiger partial charge in [-0.3, -0.25) is 9.29 Å². The molecule has 0 unspecified atom stereocenters. The van der Waals surface area contributed by atoms with E-state index in [1.54, 1.807) is 0 Å². The van der Waals surface area contributed by atoms with Crippen LogP contribution in [0.25, 0.3) is 0 Å². The van der Waals surface area contributed by atoms with Gasteiger partial charge in [-0.15, -0.1) is 0 Å². The number of ether oxygens (including phenoxy) is 2. The fourth-order valence-corrected chi connectivity index (χ4v) is 1.29. The van der Waals surface area contributed by atoms with Gasteiger partial charge in [0.15, 0.2) is 0 Å². The van der Waals surface area contributed by atoms with Gasteiger partial charge in [-0.2, -0.15) is 74.3 Å². The van der Waals surface area contributed by atoms with Crippen LogP contribution in [0.2, 0.25) is 0 Å². The molecule has 0 aromatic heterocycles. The SMILES string of the molecule is O=S(=O)(O)C(F)(F)C(F)(F)O[C@@](F)(C(F)(F)F)C(F)(F)OC(F)(F)C(F)(F)F. The van der Waals surface area contributed by atoms with Crippen molar-refractivity contribution in [3.05, 3.63) is 0 Å². The van der Waals surface area contributed by atoms with Crippen LogP contribution in [0.15, 0.2) is 0 Å². The molecule has 0 aliphatic rings. The topological polar surface area (TPSA) is 72.8 Å². The first-order valence-electron chi connectivity index (χ1n) is 5.37. The molecule has 1 atom stereocenters. The van der Waals surface area contributed by atoms with E-state index in [1.165, 1.54) is 9.47 Å². The van der Waals surface area contributed by atoms with Crippen molar-refractivity contribution < 1.29 is 88.3 Å². The molecule has 5 nitrogen and oxygen atoms in total. The lowest BCUT2D eigenvalue weighted by molar-refractivity contribution is -0.551. The van der Waals surface area contributed by atoms with Crippen LogP contribution in [0.5, 0.6) is 0 Å². The lowest BCUT2D eigenvalue weighted by Crippen LogP contribution is -2.66. The third-order valence-electron chi connectivity index (χ3n) is 2.26. The molecule has 0 spiro atoms. The average Bonchev–Trinajstić information content (AvgIpc) is 2.31. The van der Waals surface area contributed by atoms with Crippen molar-refractivity contribution in [1.82, 2.24) is 0 Å². The molecule has 28 heavy (non-hydrogen) atoms. The quantitative estimate of drug-likeness (QED) is 0.438. The molecule has 0 fully saturated rings. The monoisotopic (exact) mass is 482 g/mol. The van der Waals surface area contributed by atoms with Gasteiger partial charge in [0.05, 0.1) is 0 Å².